The Morgan fingerprint density at radius 2 is 1.96 bits per heavy atom. The van der Waals surface area contributed by atoms with Gasteiger partial charge in [-0.2, -0.15) is 0 Å². The summed E-state index contributed by atoms with van der Waals surface area (Å²) in [6.07, 6.45) is 2.99. The van der Waals surface area contributed by atoms with Crippen LogP contribution in [-0.2, 0) is 11.3 Å². The highest BCUT2D eigenvalue weighted by atomic mass is 16.5. The molecule has 0 aliphatic rings. The lowest BCUT2D eigenvalue weighted by Gasteiger charge is -2.12. The van der Waals surface area contributed by atoms with Gasteiger partial charge in [-0.15, -0.1) is 0 Å². The highest BCUT2D eigenvalue weighted by molar-refractivity contribution is 5.96. The van der Waals surface area contributed by atoms with Gasteiger partial charge in [0.1, 0.15) is 18.1 Å². The largest absolute Gasteiger partial charge is 0.488 e. The second-order valence-corrected chi connectivity index (χ2v) is 6.16. The average Bonchev–Trinajstić information content (AvgIpc) is 2.97. The molecule has 0 aliphatic heterocycles. The summed E-state index contributed by atoms with van der Waals surface area (Å²) in [5, 5.41) is 6.83. The lowest BCUT2D eigenvalue weighted by Crippen LogP contribution is -2.25. The van der Waals surface area contributed by atoms with Crippen molar-refractivity contribution >= 4 is 5.91 Å². The second kappa shape index (κ2) is 10.6. The summed E-state index contributed by atoms with van der Waals surface area (Å²) in [6.45, 7) is 8.18. The number of amides is 1. The van der Waals surface area contributed by atoms with Gasteiger partial charge in [-0.25, -0.2) is 0 Å². The van der Waals surface area contributed by atoms with Crippen LogP contribution in [0.25, 0.3) is 0 Å². The summed E-state index contributed by atoms with van der Waals surface area (Å²) in [4.78, 5) is 12.4. The van der Waals surface area contributed by atoms with E-state index >= 15 is 0 Å². The van der Waals surface area contributed by atoms with Gasteiger partial charge in [0.25, 0.3) is 5.91 Å². The molecule has 2 aromatic rings. The molecule has 1 aromatic carbocycles. The molecule has 1 N–H and O–H groups in total. The summed E-state index contributed by atoms with van der Waals surface area (Å²) in [5.41, 5.74) is 2.23. The number of aromatic nitrogens is 1. The molecule has 0 bridgehead atoms. The molecule has 0 spiro atoms. The molecule has 0 aliphatic carbocycles. The van der Waals surface area contributed by atoms with Gasteiger partial charge in [0, 0.05) is 19.8 Å². The summed E-state index contributed by atoms with van der Waals surface area (Å²) in [7, 11) is 0. The first-order valence-corrected chi connectivity index (χ1v) is 9.13. The third kappa shape index (κ3) is 5.88. The van der Waals surface area contributed by atoms with E-state index in [9.17, 15) is 4.79 Å². The lowest BCUT2D eigenvalue weighted by atomic mass is 10.1. The third-order valence-corrected chi connectivity index (χ3v) is 4.08. The fourth-order valence-electron chi connectivity index (χ4n) is 2.46. The minimum atomic E-state index is -0.145. The maximum atomic E-state index is 12.4. The maximum absolute atomic E-state index is 12.4. The molecule has 26 heavy (non-hydrogen) atoms. The van der Waals surface area contributed by atoms with Crippen LogP contribution in [0, 0.1) is 13.8 Å². The molecular weight excluding hydrogens is 332 g/mol. The van der Waals surface area contributed by atoms with E-state index in [1.165, 1.54) is 0 Å². The maximum Gasteiger partial charge on any atom is 0.255 e. The van der Waals surface area contributed by atoms with Crippen molar-refractivity contribution in [1.29, 1.82) is 0 Å². The van der Waals surface area contributed by atoms with Crippen molar-refractivity contribution in [3.63, 3.8) is 0 Å². The van der Waals surface area contributed by atoms with Crippen LogP contribution in [0.1, 0.15) is 53.6 Å². The number of unbranched alkanes of at least 4 members (excludes halogenated alkanes) is 1. The molecular formula is C20H28N2O4. The van der Waals surface area contributed by atoms with E-state index < -0.39 is 0 Å². The van der Waals surface area contributed by atoms with Crippen LogP contribution in [0.2, 0.25) is 0 Å². The first-order valence-electron chi connectivity index (χ1n) is 9.13. The van der Waals surface area contributed by atoms with Crippen molar-refractivity contribution in [3.05, 3.63) is 46.8 Å². The van der Waals surface area contributed by atoms with Crippen molar-refractivity contribution in [2.45, 2.75) is 46.6 Å². The van der Waals surface area contributed by atoms with Crippen LogP contribution in [-0.4, -0.2) is 30.8 Å². The Kier molecular flexibility index (Phi) is 8.15. The Bertz CT molecular complexity index is 677. The van der Waals surface area contributed by atoms with Crippen molar-refractivity contribution in [3.8, 4) is 5.75 Å². The van der Waals surface area contributed by atoms with Gasteiger partial charge < -0.3 is 19.3 Å². The molecule has 142 valence electrons. The quantitative estimate of drug-likeness (QED) is 0.617. The molecule has 2 rings (SSSR count). The molecule has 0 saturated heterocycles. The molecule has 0 unspecified atom stereocenters. The zero-order valence-electron chi connectivity index (χ0n) is 15.8. The monoisotopic (exact) mass is 360 g/mol. The molecule has 6 heteroatoms. The zero-order chi connectivity index (χ0) is 18.8. The van der Waals surface area contributed by atoms with Crippen LogP contribution in [0.3, 0.4) is 0 Å². The predicted octanol–water partition coefficient (Wildman–Crippen LogP) is 3.81. The van der Waals surface area contributed by atoms with Crippen molar-refractivity contribution in [2.75, 3.05) is 19.8 Å². The average molecular weight is 360 g/mol. The van der Waals surface area contributed by atoms with Crippen LogP contribution >= 0.6 is 0 Å². The number of ether oxygens (including phenoxy) is 2. The fourth-order valence-corrected chi connectivity index (χ4v) is 2.46. The van der Waals surface area contributed by atoms with Crippen LogP contribution < -0.4 is 10.1 Å². The van der Waals surface area contributed by atoms with Gasteiger partial charge in [-0.3, -0.25) is 4.79 Å². The Morgan fingerprint density at radius 3 is 2.69 bits per heavy atom. The molecule has 6 nitrogen and oxygen atoms in total. The number of benzene rings is 1. The van der Waals surface area contributed by atoms with Gasteiger partial charge in [-0.1, -0.05) is 30.6 Å². The van der Waals surface area contributed by atoms with Gasteiger partial charge in [0.2, 0.25) is 0 Å². The number of nitrogens with one attached hydrogen (secondary N) is 1. The zero-order valence-corrected chi connectivity index (χ0v) is 15.8. The summed E-state index contributed by atoms with van der Waals surface area (Å²) >= 11 is 0. The minimum Gasteiger partial charge on any atom is -0.488 e. The number of rotatable bonds is 11. The Morgan fingerprint density at radius 1 is 1.19 bits per heavy atom. The smallest absolute Gasteiger partial charge is 0.255 e. The number of hydrogen-bond donors (Lipinski definition) is 1. The first kappa shape index (κ1) is 20.0. The van der Waals surface area contributed by atoms with Crippen molar-refractivity contribution < 1.29 is 18.8 Å². The number of nitrogens with zero attached hydrogens (tertiary/aromatic N) is 1. The Hall–Kier alpha value is -2.34. The number of carbonyl (C=O) groups excluding carboxylic acids is 1. The highest BCUT2D eigenvalue weighted by Gasteiger charge is 2.14. The highest BCUT2D eigenvalue weighted by Crippen LogP contribution is 2.21. The molecule has 0 fully saturated rings. The molecule has 1 amide bonds. The van der Waals surface area contributed by atoms with Crippen molar-refractivity contribution in [1.82, 2.24) is 10.5 Å². The molecule has 1 aromatic heterocycles. The van der Waals surface area contributed by atoms with E-state index in [1.807, 2.05) is 26.0 Å². The minimum absolute atomic E-state index is 0.145. The summed E-state index contributed by atoms with van der Waals surface area (Å²) in [6, 6.07) is 7.23. The van der Waals surface area contributed by atoms with Crippen LogP contribution in [0.5, 0.6) is 5.75 Å². The third-order valence-electron chi connectivity index (χ3n) is 4.08. The molecule has 0 radical (unpaired) electrons. The van der Waals surface area contributed by atoms with Gasteiger partial charge in [-0.05, 0) is 38.8 Å². The summed E-state index contributed by atoms with van der Waals surface area (Å²) < 4.78 is 16.5. The van der Waals surface area contributed by atoms with E-state index in [0.717, 1.165) is 42.9 Å². The second-order valence-electron chi connectivity index (χ2n) is 6.16. The van der Waals surface area contributed by atoms with E-state index in [4.69, 9.17) is 14.0 Å². The van der Waals surface area contributed by atoms with Crippen LogP contribution in [0.4, 0.5) is 0 Å². The van der Waals surface area contributed by atoms with E-state index in [-0.39, 0.29) is 5.91 Å². The summed E-state index contributed by atoms with van der Waals surface area (Å²) in [5.74, 6) is 1.13. The Labute approximate surface area is 154 Å². The predicted molar refractivity (Wildman–Crippen MR) is 99.4 cm³/mol. The topological polar surface area (TPSA) is 73.6 Å². The van der Waals surface area contributed by atoms with Gasteiger partial charge in [0.15, 0.2) is 0 Å². The SMILES string of the molecule is CCCCOCCCNC(=O)c1ccccc1OCc1c(C)noc1C. The standard InChI is InChI=1S/C20H28N2O4/c1-4-5-12-24-13-8-11-21-20(23)17-9-6-7-10-19(17)25-14-18-15(2)22-26-16(18)3/h6-7,9-10H,4-5,8,11-14H2,1-3H3,(H,21,23). The molecule has 0 atom stereocenters. The number of aryl methyl sites for hydroxylation is 2. The number of para-hydroxylation sites is 1. The fraction of sp³-hybridized carbons (Fsp3) is 0.500. The first-order chi connectivity index (χ1) is 12.6. The van der Waals surface area contributed by atoms with Gasteiger partial charge >= 0.3 is 0 Å². The number of hydrogen-bond acceptors (Lipinski definition) is 5. The number of carbonyl (C=O) groups is 1. The van der Waals surface area contributed by atoms with E-state index in [1.54, 1.807) is 12.1 Å². The Balaban J connectivity index is 1.84. The molecule has 1 heterocycles. The normalized spacial score (nSPS) is 10.7. The van der Waals surface area contributed by atoms with E-state index in [2.05, 4.69) is 17.4 Å². The van der Waals surface area contributed by atoms with Crippen molar-refractivity contribution in [2.24, 2.45) is 0 Å². The molecule has 0 saturated carbocycles. The van der Waals surface area contributed by atoms with Gasteiger partial charge in [0.05, 0.1) is 16.8 Å². The lowest BCUT2D eigenvalue weighted by molar-refractivity contribution is 0.0936. The van der Waals surface area contributed by atoms with Crippen LogP contribution in [0.15, 0.2) is 28.8 Å². The van der Waals surface area contributed by atoms with E-state index in [0.29, 0.717) is 31.1 Å².